The Morgan fingerprint density at radius 2 is 1.56 bits per heavy atom. The molecule has 3 aromatic rings. The number of carbonyl (C=O) groups is 3. The first kappa shape index (κ1) is 37.0. The summed E-state index contributed by atoms with van der Waals surface area (Å²) in [5.41, 5.74) is 3.40. The molecule has 0 unspecified atom stereocenters. The van der Waals surface area contributed by atoms with Crippen LogP contribution < -0.4 is 10.1 Å². The van der Waals surface area contributed by atoms with Crippen LogP contribution in [0.5, 0.6) is 5.75 Å². The molecule has 1 amide bonds. The summed E-state index contributed by atoms with van der Waals surface area (Å²) in [5, 5.41) is 18.5. The minimum Gasteiger partial charge on any atom is -0.489 e. The van der Waals surface area contributed by atoms with Gasteiger partial charge < -0.3 is 25.2 Å². The first-order chi connectivity index (χ1) is 21.2. The number of carboxylic acid groups (broad SMARTS) is 2. The number of rotatable bonds is 13. The number of hydrogen-bond donors (Lipinski definition) is 3. The summed E-state index contributed by atoms with van der Waals surface area (Å²) in [6.07, 6.45) is -2.68. The average molecular weight is 657 g/mol. The van der Waals surface area contributed by atoms with Crippen molar-refractivity contribution in [1.82, 2.24) is 10.2 Å². The molecule has 0 aliphatic heterocycles. The van der Waals surface area contributed by atoms with Gasteiger partial charge >= 0.3 is 18.1 Å². The summed E-state index contributed by atoms with van der Waals surface area (Å²) < 4.78 is 65.3. The monoisotopic (exact) mass is 656 g/mol. The molecule has 0 atom stereocenters. The van der Waals surface area contributed by atoms with E-state index in [1.54, 1.807) is 36.4 Å². The van der Waals surface area contributed by atoms with Crippen molar-refractivity contribution in [3.63, 3.8) is 0 Å². The van der Waals surface area contributed by atoms with Gasteiger partial charge in [0.15, 0.2) is 11.6 Å². The molecule has 0 aliphatic rings. The van der Waals surface area contributed by atoms with Gasteiger partial charge in [-0.1, -0.05) is 38.1 Å². The molecule has 244 valence electrons. The molecule has 3 aromatic carbocycles. The van der Waals surface area contributed by atoms with E-state index in [-0.39, 0.29) is 6.61 Å². The fourth-order valence-electron chi connectivity index (χ4n) is 4.15. The summed E-state index contributed by atoms with van der Waals surface area (Å²) in [7, 11) is 0. The van der Waals surface area contributed by atoms with Crippen molar-refractivity contribution in [1.29, 1.82) is 0 Å². The predicted octanol–water partition coefficient (Wildman–Crippen LogP) is 6.26. The molecule has 0 saturated heterocycles. The third-order valence-corrected chi connectivity index (χ3v) is 7.31. The number of likely N-dealkylation sites (N-methyl/N-ethyl adjacent to an activating group) is 1. The SMILES string of the molecule is CCN(CC)CCc1c(COc2ccc(-c3cc(F)c(F)cc3SC)cc2)cccc1C(=O)NCC(=O)O.O=C(O)C(F)(F)F. The summed E-state index contributed by atoms with van der Waals surface area (Å²) >= 11 is 1.34. The van der Waals surface area contributed by atoms with Crippen LogP contribution in [0.2, 0.25) is 0 Å². The maximum Gasteiger partial charge on any atom is 0.490 e. The lowest BCUT2D eigenvalue weighted by atomic mass is 9.97. The van der Waals surface area contributed by atoms with Crippen molar-refractivity contribution < 1.29 is 51.3 Å². The number of hydrogen-bond acceptors (Lipinski definition) is 6. The van der Waals surface area contributed by atoms with Crippen LogP contribution in [-0.4, -0.2) is 71.6 Å². The lowest BCUT2D eigenvalue weighted by Gasteiger charge is -2.21. The zero-order chi connectivity index (χ0) is 33.7. The number of alkyl halides is 3. The standard InChI is InChI=1S/C29H32F2N2O4S.C2HF3O2/c1-4-33(5-2)14-13-22-20(7-6-8-23(22)29(36)32-17-28(34)35)18-37-21-11-9-19(10-12-21)24-15-25(30)26(31)16-27(24)38-3;3-2(4,5)1(6)7/h6-12,15-16H,4-5,13-14,17-18H2,1-3H3,(H,32,36)(H,34,35);(H,6,7). The highest BCUT2D eigenvalue weighted by atomic mass is 32.2. The van der Waals surface area contributed by atoms with Crippen LogP contribution in [0.3, 0.4) is 0 Å². The Labute approximate surface area is 261 Å². The van der Waals surface area contributed by atoms with Crippen molar-refractivity contribution in [2.24, 2.45) is 0 Å². The van der Waals surface area contributed by atoms with E-state index < -0.39 is 42.2 Å². The van der Waals surface area contributed by atoms with Gasteiger partial charge in [0, 0.05) is 17.0 Å². The molecule has 0 radical (unpaired) electrons. The normalized spacial score (nSPS) is 11.0. The lowest BCUT2D eigenvalue weighted by molar-refractivity contribution is -0.192. The molecule has 0 heterocycles. The number of carbonyl (C=O) groups excluding carboxylic acids is 1. The number of aliphatic carboxylic acids is 2. The van der Waals surface area contributed by atoms with Gasteiger partial charge in [-0.15, -0.1) is 11.8 Å². The zero-order valence-electron chi connectivity index (χ0n) is 24.7. The van der Waals surface area contributed by atoms with Gasteiger partial charge in [0.2, 0.25) is 0 Å². The number of thioether (sulfide) groups is 1. The maximum absolute atomic E-state index is 13.9. The largest absolute Gasteiger partial charge is 0.490 e. The molecule has 0 aliphatic carbocycles. The second-order valence-electron chi connectivity index (χ2n) is 9.38. The maximum atomic E-state index is 13.9. The van der Waals surface area contributed by atoms with Crippen LogP contribution in [0.15, 0.2) is 59.5 Å². The number of halogens is 5. The highest BCUT2D eigenvalue weighted by Crippen LogP contribution is 2.33. The summed E-state index contributed by atoms with van der Waals surface area (Å²) in [4.78, 5) is 35.5. The molecule has 3 N–H and O–H groups in total. The molecular weight excluding hydrogens is 623 g/mol. The quantitative estimate of drug-likeness (QED) is 0.146. The van der Waals surface area contributed by atoms with Gasteiger partial charge in [-0.3, -0.25) is 9.59 Å². The molecule has 8 nitrogen and oxygen atoms in total. The van der Waals surface area contributed by atoms with Crippen LogP contribution in [0, 0.1) is 11.6 Å². The minimum absolute atomic E-state index is 0.203. The van der Waals surface area contributed by atoms with Gasteiger partial charge in [0.25, 0.3) is 5.91 Å². The Morgan fingerprint density at radius 1 is 0.956 bits per heavy atom. The Bertz CT molecular complexity index is 1460. The second kappa shape index (κ2) is 17.4. The van der Waals surface area contributed by atoms with E-state index in [1.165, 1.54) is 23.9 Å². The molecule has 3 rings (SSSR count). The molecule has 0 aromatic heterocycles. The highest BCUT2D eigenvalue weighted by molar-refractivity contribution is 7.98. The fourth-order valence-corrected chi connectivity index (χ4v) is 4.77. The number of carboxylic acids is 2. The summed E-state index contributed by atoms with van der Waals surface area (Å²) in [6.45, 7) is 6.38. The Hall–Kier alpha value is -4.17. The molecule has 0 fully saturated rings. The predicted molar refractivity (Wildman–Crippen MR) is 160 cm³/mol. The van der Waals surface area contributed by atoms with E-state index in [9.17, 15) is 31.5 Å². The molecule has 0 bridgehead atoms. The second-order valence-corrected chi connectivity index (χ2v) is 10.2. The van der Waals surface area contributed by atoms with Gasteiger partial charge in [-0.05, 0) is 78.4 Å². The van der Waals surface area contributed by atoms with Crippen LogP contribution in [0.4, 0.5) is 22.0 Å². The number of ether oxygens (including phenoxy) is 1. The summed E-state index contributed by atoms with van der Waals surface area (Å²) in [6, 6.07) is 14.8. The summed E-state index contributed by atoms with van der Waals surface area (Å²) in [5.74, 6) is -5.51. The molecule has 45 heavy (non-hydrogen) atoms. The van der Waals surface area contributed by atoms with Crippen LogP contribution in [-0.2, 0) is 22.6 Å². The van der Waals surface area contributed by atoms with Gasteiger partial charge in [0.05, 0.1) is 0 Å². The van der Waals surface area contributed by atoms with Crippen molar-refractivity contribution in [2.75, 3.05) is 32.4 Å². The van der Waals surface area contributed by atoms with Gasteiger partial charge in [-0.25, -0.2) is 13.6 Å². The first-order valence-electron chi connectivity index (χ1n) is 13.6. The van der Waals surface area contributed by atoms with E-state index in [1.807, 2.05) is 12.3 Å². The van der Waals surface area contributed by atoms with Crippen molar-refractivity contribution in [2.45, 2.75) is 37.9 Å². The van der Waals surface area contributed by atoms with Crippen LogP contribution in [0.1, 0.15) is 35.3 Å². The zero-order valence-corrected chi connectivity index (χ0v) is 25.5. The Morgan fingerprint density at radius 3 is 2.09 bits per heavy atom. The molecule has 0 saturated carbocycles. The first-order valence-corrected chi connectivity index (χ1v) is 14.8. The third-order valence-electron chi connectivity index (χ3n) is 6.53. The van der Waals surface area contributed by atoms with Gasteiger partial charge in [0.1, 0.15) is 18.9 Å². The smallest absolute Gasteiger partial charge is 0.489 e. The highest BCUT2D eigenvalue weighted by Gasteiger charge is 2.38. The van der Waals surface area contributed by atoms with E-state index in [0.717, 1.165) is 36.3 Å². The van der Waals surface area contributed by atoms with Gasteiger partial charge in [-0.2, -0.15) is 13.2 Å². The molecular formula is C31H33F5N2O6S. The van der Waals surface area contributed by atoms with Crippen LogP contribution >= 0.6 is 11.8 Å². The van der Waals surface area contributed by atoms with E-state index >= 15 is 0 Å². The lowest BCUT2D eigenvalue weighted by Crippen LogP contribution is -2.31. The third kappa shape index (κ3) is 11.4. The number of nitrogens with one attached hydrogen (secondary N) is 1. The van der Waals surface area contributed by atoms with E-state index in [2.05, 4.69) is 24.1 Å². The fraction of sp³-hybridized carbons (Fsp3) is 0.323. The minimum atomic E-state index is -5.08. The molecule has 0 spiro atoms. The van der Waals surface area contributed by atoms with E-state index in [0.29, 0.717) is 28.2 Å². The van der Waals surface area contributed by atoms with Crippen molar-refractivity contribution >= 4 is 29.6 Å². The number of benzene rings is 3. The Balaban J connectivity index is 0.000000900. The van der Waals surface area contributed by atoms with Crippen molar-refractivity contribution in [3.8, 4) is 16.9 Å². The Kier molecular flexibility index (Phi) is 14.3. The van der Waals surface area contributed by atoms with Crippen molar-refractivity contribution in [3.05, 3.63) is 82.9 Å². The molecule has 14 heteroatoms. The topological polar surface area (TPSA) is 116 Å². The average Bonchev–Trinajstić information content (AvgIpc) is 3.00. The van der Waals surface area contributed by atoms with E-state index in [4.69, 9.17) is 19.7 Å². The number of nitrogens with zero attached hydrogens (tertiary/aromatic N) is 1. The van der Waals surface area contributed by atoms with Crippen LogP contribution in [0.25, 0.3) is 11.1 Å². The number of amides is 1.